The Hall–Kier alpha value is 0.390. The first kappa shape index (κ1) is 9.39. The van der Waals surface area contributed by atoms with Crippen LogP contribution in [0.15, 0.2) is 0 Å². The van der Waals surface area contributed by atoms with Crippen LogP contribution in [-0.2, 0) is 0 Å². The Kier molecular flexibility index (Phi) is 6.79. The van der Waals surface area contributed by atoms with E-state index < -0.39 is 0 Å². The summed E-state index contributed by atoms with van der Waals surface area (Å²) in [4.78, 5) is 2.45. The van der Waals surface area contributed by atoms with E-state index in [1.165, 1.54) is 25.9 Å². The molecule has 0 spiro atoms. The van der Waals surface area contributed by atoms with Crippen LogP contribution in [0.25, 0.3) is 0 Å². The third-order valence-corrected chi connectivity index (χ3v) is 1.85. The quantitative estimate of drug-likeness (QED) is 0.537. The van der Waals surface area contributed by atoms with Crippen molar-refractivity contribution >= 4 is 9.24 Å². The Morgan fingerprint density at radius 3 is 1.78 bits per heavy atom. The highest BCUT2D eigenvalue weighted by Gasteiger charge is 1.95. The molecule has 56 valence electrons. The molecule has 0 aliphatic rings. The SMILES string of the molecule is CCCN(CP)CCC. The van der Waals surface area contributed by atoms with E-state index in [9.17, 15) is 0 Å². The first-order chi connectivity index (χ1) is 4.35. The molecule has 1 nitrogen and oxygen atoms in total. The average Bonchev–Trinajstić information content (AvgIpc) is 1.88. The molecule has 0 saturated carbocycles. The summed E-state index contributed by atoms with van der Waals surface area (Å²) in [7, 11) is 2.77. The maximum atomic E-state index is 2.77. The van der Waals surface area contributed by atoms with Gasteiger partial charge in [-0.05, 0) is 25.9 Å². The Labute approximate surface area is 61.0 Å². The molecule has 0 fully saturated rings. The average molecular weight is 147 g/mol. The minimum Gasteiger partial charge on any atom is -0.300 e. The van der Waals surface area contributed by atoms with Crippen LogP contribution < -0.4 is 0 Å². The third kappa shape index (κ3) is 4.87. The van der Waals surface area contributed by atoms with Crippen LogP contribution in [0.1, 0.15) is 26.7 Å². The molecule has 0 aromatic rings. The maximum Gasteiger partial charge on any atom is 0.0126 e. The second-order valence-electron chi connectivity index (χ2n) is 2.30. The minimum absolute atomic E-state index is 1.13. The van der Waals surface area contributed by atoms with Gasteiger partial charge in [-0.25, -0.2) is 0 Å². The summed E-state index contributed by atoms with van der Waals surface area (Å²) < 4.78 is 0. The molecule has 1 atom stereocenters. The number of rotatable bonds is 5. The summed E-state index contributed by atoms with van der Waals surface area (Å²) in [6, 6.07) is 0. The van der Waals surface area contributed by atoms with E-state index >= 15 is 0 Å². The molecule has 2 heteroatoms. The molecule has 0 bridgehead atoms. The van der Waals surface area contributed by atoms with Crippen molar-refractivity contribution in [1.82, 2.24) is 4.90 Å². The van der Waals surface area contributed by atoms with Crippen molar-refractivity contribution in [3.8, 4) is 0 Å². The van der Waals surface area contributed by atoms with Gasteiger partial charge in [0.2, 0.25) is 0 Å². The molecule has 0 aromatic carbocycles. The lowest BCUT2D eigenvalue weighted by Gasteiger charge is -2.17. The molecular formula is C7H18NP. The molecule has 0 radical (unpaired) electrons. The van der Waals surface area contributed by atoms with E-state index in [-0.39, 0.29) is 0 Å². The van der Waals surface area contributed by atoms with Crippen LogP contribution in [0.5, 0.6) is 0 Å². The van der Waals surface area contributed by atoms with Crippen LogP contribution in [-0.4, -0.2) is 24.3 Å². The summed E-state index contributed by atoms with van der Waals surface area (Å²) in [5, 5.41) is 0. The van der Waals surface area contributed by atoms with Gasteiger partial charge in [0.1, 0.15) is 0 Å². The predicted octanol–water partition coefficient (Wildman–Crippen LogP) is 1.94. The van der Waals surface area contributed by atoms with Gasteiger partial charge >= 0.3 is 0 Å². The van der Waals surface area contributed by atoms with Crippen molar-refractivity contribution in [2.75, 3.05) is 19.4 Å². The van der Waals surface area contributed by atoms with Gasteiger partial charge in [-0.1, -0.05) is 13.8 Å². The summed E-state index contributed by atoms with van der Waals surface area (Å²) in [6.07, 6.45) is 3.67. The fourth-order valence-corrected chi connectivity index (χ4v) is 1.29. The molecule has 0 amide bonds. The molecule has 0 aliphatic carbocycles. The molecule has 9 heavy (non-hydrogen) atoms. The van der Waals surface area contributed by atoms with Gasteiger partial charge in [0, 0.05) is 6.29 Å². The number of hydrogen-bond donors (Lipinski definition) is 0. The maximum absolute atomic E-state index is 2.77. The lowest BCUT2D eigenvalue weighted by atomic mass is 10.4. The van der Waals surface area contributed by atoms with Gasteiger partial charge in [-0.15, -0.1) is 9.24 Å². The van der Waals surface area contributed by atoms with Crippen LogP contribution in [0.2, 0.25) is 0 Å². The lowest BCUT2D eigenvalue weighted by Crippen LogP contribution is -2.23. The highest BCUT2D eigenvalue weighted by Crippen LogP contribution is 1.96. The molecule has 0 N–H and O–H groups in total. The van der Waals surface area contributed by atoms with Crippen LogP contribution >= 0.6 is 9.24 Å². The lowest BCUT2D eigenvalue weighted by molar-refractivity contribution is 0.322. The van der Waals surface area contributed by atoms with Gasteiger partial charge in [0.25, 0.3) is 0 Å². The van der Waals surface area contributed by atoms with Crippen molar-refractivity contribution in [3.05, 3.63) is 0 Å². The second kappa shape index (κ2) is 6.51. The normalized spacial score (nSPS) is 10.7. The first-order valence-electron chi connectivity index (χ1n) is 3.77. The van der Waals surface area contributed by atoms with Crippen LogP contribution in [0, 0.1) is 0 Å². The monoisotopic (exact) mass is 147 g/mol. The largest absolute Gasteiger partial charge is 0.300 e. The van der Waals surface area contributed by atoms with E-state index in [4.69, 9.17) is 0 Å². The Balaban J connectivity index is 3.18. The van der Waals surface area contributed by atoms with Gasteiger partial charge in [-0.2, -0.15) is 0 Å². The Bertz CT molecular complexity index is 50.9. The summed E-state index contributed by atoms with van der Waals surface area (Å²) in [6.45, 7) is 6.95. The highest BCUT2D eigenvalue weighted by atomic mass is 31.0. The molecular weight excluding hydrogens is 129 g/mol. The molecule has 0 saturated heterocycles. The van der Waals surface area contributed by atoms with E-state index in [1.54, 1.807) is 0 Å². The molecule has 0 aromatic heterocycles. The fraction of sp³-hybridized carbons (Fsp3) is 1.00. The Morgan fingerprint density at radius 1 is 1.11 bits per heavy atom. The number of nitrogens with zero attached hydrogens (tertiary/aromatic N) is 1. The molecule has 1 unspecified atom stereocenters. The van der Waals surface area contributed by atoms with Gasteiger partial charge in [-0.3, -0.25) is 4.90 Å². The van der Waals surface area contributed by atoms with E-state index in [0.717, 1.165) is 6.29 Å². The van der Waals surface area contributed by atoms with Crippen molar-refractivity contribution < 1.29 is 0 Å². The van der Waals surface area contributed by atoms with E-state index in [0.29, 0.717) is 0 Å². The molecule has 0 heterocycles. The van der Waals surface area contributed by atoms with Crippen LogP contribution in [0.4, 0.5) is 0 Å². The van der Waals surface area contributed by atoms with Crippen molar-refractivity contribution in [1.29, 1.82) is 0 Å². The molecule has 0 rings (SSSR count). The van der Waals surface area contributed by atoms with E-state index in [1.807, 2.05) is 0 Å². The summed E-state index contributed by atoms with van der Waals surface area (Å²) in [5.41, 5.74) is 0. The van der Waals surface area contributed by atoms with E-state index in [2.05, 4.69) is 28.0 Å². The Morgan fingerprint density at radius 2 is 1.56 bits per heavy atom. The van der Waals surface area contributed by atoms with Gasteiger partial charge in [0.05, 0.1) is 0 Å². The minimum atomic E-state index is 1.13. The zero-order valence-electron chi connectivity index (χ0n) is 6.56. The van der Waals surface area contributed by atoms with Crippen molar-refractivity contribution in [2.24, 2.45) is 0 Å². The first-order valence-corrected chi connectivity index (χ1v) is 4.59. The topological polar surface area (TPSA) is 3.24 Å². The third-order valence-electron chi connectivity index (χ3n) is 1.34. The fourth-order valence-electron chi connectivity index (χ4n) is 0.927. The number of hydrogen-bond acceptors (Lipinski definition) is 1. The molecule has 0 aliphatic heterocycles. The summed E-state index contributed by atoms with van der Waals surface area (Å²) >= 11 is 0. The predicted molar refractivity (Wildman–Crippen MR) is 46.7 cm³/mol. The zero-order valence-corrected chi connectivity index (χ0v) is 7.71. The smallest absolute Gasteiger partial charge is 0.0126 e. The zero-order chi connectivity index (χ0) is 7.11. The van der Waals surface area contributed by atoms with Crippen molar-refractivity contribution in [3.63, 3.8) is 0 Å². The standard InChI is InChI=1S/C7H18NP/c1-3-5-8(7-9)6-4-2/h3-7,9H2,1-2H3. The summed E-state index contributed by atoms with van der Waals surface area (Å²) in [5.74, 6) is 0. The van der Waals surface area contributed by atoms with Gasteiger partial charge < -0.3 is 0 Å². The van der Waals surface area contributed by atoms with Crippen molar-refractivity contribution in [2.45, 2.75) is 26.7 Å². The van der Waals surface area contributed by atoms with Crippen LogP contribution in [0.3, 0.4) is 0 Å². The second-order valence-corrected chi connectivity index (χ2v) is 2.67. The van der Waals surface area contributed by atoms with Gasteiger partial charge in [0.15, 0.2) is 0 Å². The highest BCUT2D eigenvalue weighted by molar-refractivity contribution is 7.16.